The lowest BCUT2D eigenvalue weighted by atomic mass is 9.98. The van der Waals surface area contributed by atoms with Gasteiger partial charge in [-0.05, 0) is 42.2 Å². The van der Waals surface area contributed by atoms with Gasteiger partial charge in [0.2, 0.25) is 5.91 Å². The number of halogens is 1. The third kappa shape index (κ3) is 8.16. The van der Waals surface area contributed by atoms with Gasteiger partial charge in [-0.25, -0.2) is 0 Å². The van der Waals surface area contributed by atoms with Gasteiger partial charge in [0.25, 0.3) is 0 Å². The van der Waals surface area contributed by atoms with Crippen LogP contribution in [0.25, 0.3) is 0 Å². The standard InChI is InChI=1S/C21H28N4O2.HI/c1-16(17-9-11-19(27-3)12-10-17)13-14-23-21(22-2)24-15-20(26)25-18-7-5-4-6-8-18;/h4-12,16H,13-15H2,1-3H3,(H,25,26)(H2,22,23,24);1H. The molecule has 2 aromatic carbocycles. The topological polar surface area (TPSA) is 74.8 Å². The van der Waals surface area contributed by atoms with Crippen molar-refractivity contribution in [2.45, 2.75) is 19.3 Å². The number of ether oxygens (including phenoxy) is 1. The number of nitrogens with zero attached hydrogens (tertiary/aromatic N) is 1. The van der Waals surface area contributed by atoms with Gasteiger partial charge in [0.15, 0.2) is 5.96 Å². The molecule has 0 radical (unpaired) electrons. The van der Waals surface area contributed by atoms with E-state index in [0.29, 0.717) is 11.9 Å². The summed E-state index contributed by atoms with van der Waals surface area (Å²) in [6, 6.07) is 17.5. The Morgan fingerprint density at radius 2 is 1.75 bits per heavy atom. The quantitative estimate of drug-likeness (QED) is 0.297. The van der Waals surface area contributed by atoms with Crippen LogP contribution in [0.2, 0.25) is 0 Å². The van der Waals surface area contributed by atoms with Crippen LogP contribution in [-0.2, 0) is 4.79 Å². The Hall–Kier alpha value is -2.29. The van der Waals surface area contributed by atoms with Gasteiger partial charge < -0.3 is 20.7 Å². The van der Waals surface area contributed by atoms with Crippen LogP contribution in [0.3, 0.4) is 0 Å². The van der Waals surface area contributed by atoms with Crippen molar-refractivity contribution >= 4 is 41.5 Å². The maximum Gasteiger partial charge on any atom is 0.243 e. The summed E-state index contributed by atoms with van der Waals surface area (Å²) in [5, 5.41) is 9.11. The number of hydrogen-bond donors (Lipinski definition) is 3. The monoisotopic (exact) mass is 496 g/mol. The second kappa shape index (κ2) is 13.0. The number of methoxy groups -OCH3 is 1. The highest BCUT2D eigenvalue weighted by Crippen LogP contribution is 2.21. The molecule has 0 aliphatic heterocycles. The highest BCUT2D eigenvalue weighted by molar-refractivity contribution is 14.0. The molecule has 0 aliphatic carbocycles. The molecular weight excluding hydrogens is 467 g/mol. The molecule has 0 saturated heterocycles. The summed E-state index contributed by atoms with van der Waals surface area (Å²) in [7, 11) is 3.36. The van der Waals surface area contributed by atoms with Crippen LogP contribution in [-0.4, -0.2) is 39.1 Å². The Kier molecular flexibility index (Phi) is 11.0. The van der Waals surface area contributed by atoms with Gasteiger partial charge in [-0.2, -0.15) is 0 Å². The zero-order valence-corrected chi connectivity index (χ0v) is 18.9. The minimum absolute atomic E-state index is 0. The second-order valence-electron chi connectivity index (χ2n) is 6.23. The fourth-order valence-electron chi connectivity index (χ4n) is 2.62. The van der Waals surface area contributed by atoms with Crippen LogP contribution in [0.15, 0.2) is 59.6 Å². The maximum atomic E-state index is 12.0. The van der Waals surface area contributed by atoms with Crippen molar-refractivity contribution in [3.05, 3.63) is 60.2 Å². The molecule has 152 valence electrons. The van der Waals surface area contributed by atoms with Gasteiger partial charge in [0.05, 0.1) is 13.7 Å². The van der Waals surface area contributed by atoms with E-state index in [4.69, 9.17) is 4.74 Å². The number of rotatable bonds is 8. The second-order valence-corrected chi connectivity index (χ2v) is 6.23. The number of amides is 1. The number of benzene rings is 2. The van der Waals surface area contributed by atoms with E-state index in [1.807, 2.05) is 42.5 Å². The summed E-state index contributed by atoms with van der Waals surface area (Å²) < 4.78 is 5.19. The van der Waals surface area contributed by atoms with E-state index in [9.17, 15) is 4.79 Å². The third-order valence-electron chi connectivity index (χ3n) is 4.25. The molecule has 3 N–H and O–H groups in total. The van der Waals surface area contributed by atoms with Gasteiger partial charge in [0.1, 0.15) is 5.75 Å². The Morgan fingerprint density at radius 3 is 2.36 bits per heavy atom. The normalized spacial score (nSPS) is 11.8. The number of nitrogens with one attached hydrogen (secondary N) is 3. The van der Waals surface area contributed by atoms with Gasteiger partial charge in [-0.1, -0.05) is 37.3 Å². The van der Waals surface area contributed by atoms with Crippen molar-refractivity contribution < 1.29 is 9.53 Å². The van der Waals surface area contributed by atoms with Crippen molar-refractivity contribution in [3.63, 3.8) is 0 Å². The average molecular weight is 496 g/mol. The molecule has 0 heterocycles. The van der Waals surface area contributed by atoms with Gasteiger partial charge in [0, 0.05) is 19.3 Å². The Labute approximate surface area is 184 Å². The molecule has 1 atom stereocenters. The lowest BCUT2D eigenvalue weighted by molar-refractivity contribution is -0.115. The van der Waals surface area contributed by atoms with E-state index >= 15 is 0 Å². The summed E-state index contributed by atoms with van der Waals surface area (Å²) >= 11 is 0. The number of anilines is 1. The molecule has 2 rings (SSSR count). The first-order valence-electron chi connectivity index (χ1n) is 9.05. The minimum Gasteiger partial charge on any atom is -0.497 e. The highest BCUT2D eigenvalue weighted by atomic mass is 127. The van der Waals surface area contributed by atoms with Crippen molar-refractivity contribution in [2.75, 3.05) is 32.6 Å². The fraction of sp³-hybridized carbons (Fsp3) is 0.333. The summed E-state index contributed by atoms with van der Waals surface area (Å²) in [5.41, 5.74) is 2.04. The zero-order valence-electron chi connectivity index (χ0n) is 16.6. The highest BCUT2D eigenvalue weighted by Gasteiger charge is 2.07. The SMILES string of the molecule is CN=C(NCCC(C)c1ccc(OC)cc1)NCC(=O)Nc1ccccc1.I. The van der Waals surface area contributed by atoms with E-state index in [-0.39, 0.29) is 36.4 Å². The lowest BCUT2D eigenvalue weighted by Crippen LogP contribution is -2.41. The smallest absolute Gasteiger partial charge is 0.243 e. The van der Waals surface area contributed by atoms with E-state index in [1.165, 1.54) is 5.56 Å². The number of hydrogen-bond acceptors (Lipinski definition) is 3. The molecule has 6 nitrogen and oxygen atoms in total. The number of para-hydroxylation sites is 1. The maximum absolute atomic E-state index is 12.0. The number of carbonyl (C=O) groups is 1. The van der Waals surface area contributed by atoms with Crippen molar-refractivity contribution in [2.24, 2.45) is 4.99 Å². The predicted molar refractivity (Wildman–Crippen MR) is 126 cm³/mol. The molecule has 1 unspecified atom stereocenters. The van der Waals surface area contributed by atoms with Crippen molar-refractivity contribution in [1.29, 1.82) is 0 Å². The van der Waals surface area contributed by atoms with Crippen LogP contribution in [0, 0.1) is 0 Å². The van der Waals surface area contributed by atoms with Crippen LogP contribution in [0.5, 0.6) is 5.75 Å². The van der Waals surface area contributed by atoms with E-state index < -0.39 is 0 Å². The average Bonchev–Trinajstić information content (AvgIpc) is 2.71. The first-order chi connectivity index (χ1) is 13.1. The minimum atomic E-state index is -0.115. The predicted octanol–water partition coefficient (Wildman–Crippen LogP) is 3.61. The molecule has 7 heteroatoms. The molecule has 0 spiro atoms. The summed E-state index contributed by atoms with van der Waals surface area (Å²) in [5.74, 6) is 1.77. The molecule has 0 aliphatic rings. The van der Waals surface area contributed by atoms with Crippen molar-refractivity contribution in [1.82, 2.24) is 10.6 Å². The molecule has 0 fully saturated rings. The molecule has 2 aromatic rings. The Morgan fingerprint density at radius 1 is 1.07 bits per heavy atom. The summed E-state index contributed by atoms with van der Waals surface area (Å²) in [4.78, 5) is 16.1. The number of carbonyl (C=O) groups excluding carboxylic acids is 1. The first kappa shape index (κ1) is 23.7. The molecule has 1 amide bonds. The molecule has 0 aromatic heterocycles. The number of aliphatic imine (C=N–C) groups is 1. The zero-order chi connectivity index (χ0) is 19.5. The van der Waals surface area contributed by atoms with Gasteiger partial charge in [-0.3, -0.25) is 9.79 Å². The molecule has 28 heavy (non-hydrogen) atoms. The molecule has 0 saturated carbocycles. The first-order valence-corrected chi connectivity index (χ1v) is 9.05. The Bertz CT molecular complexity index is 736. The third-order valence-corrected chi connectivity index (χ3v) is 4.25. The van der Waals surface area contributed by atoms with E-state index in [0.717, 1.165) is 24.4 Å². The van der Waals surface area contributed by atoms with Gasteiger partial charge in [-0.15, -0.1) is 24.0 Å². The lowest BCUT2D eigenvalue weighted by Gasteiger charge is -2.15. The van der Waals surface area contributed by atoms with Crippen LogP contribution >= 0.6 is 24.0 Å². The Balaban J connectivity index is 0.00000392. The van der Waals surface area contributed by atoms with Gasteiger partial charge >= 0.3 is 0 Å². The van der Waals surface area contributed by atoms with E-state index in [2.05, 4.69) is 40.0 Å². The summed E-state index contributed by atoms with van der Waals surface area (Å²) in [6.07, 6.45) is 0.948. The number of guanidine groups is 1. The molecular formula is C21H29IN4O2. The largest absolute Gasteiger partial charge is 0.497 e. The molecule has 0 bridgehead atoms. The fourth-order valence-corrected chi connectivity index (χ4v) is 2.62. The van der Waals surface area contributed by atoms with E-state index in [1.54, 1.807) is 14.2 Å². The summed E-state index contributed by atoms with van der Waals surface area (Å²) in [6.45, 7) is 3.10. The van der Waals surface area contributed by atoms with Crippen LogP contribution in [0.4, 0.5) is 5.69 Å². The van der Waals surface area contributed by atoms with Crippen molar-refractivity contribution in [3.8, 4) is 5.75 Å². The van der Waals surface area contributed by atoms with Crippen LogP contribution < -0.4 is 20.7 Å². The van der Waals surface area contributed by atoms with Crippen LogP contribution in [0.1, 0.15) is 24.8 Å².